The number of halogens is 5. The second-order valence-corrected chi connectivity index (χ2v) is 7.42. The van der Waals surface area contributed by atoms with Gasteiger partial charge in [0, 0.05) is 13.0 Å². The number of aliphatic hydroxyl groups excluding tert-OH is 1. The van der Waals surface area contributed by atoms with Crippen LogP contribution < -0.4 is 5.32 Å². The Morgan fingerprint density at radius 1 is 1.21 bits per heavy atom. The molecule has 0 aliphatic heterocycles. The summed E-state index contributed by atoms with van der Waals surface area (Å²) in [4.78, 5) is 10.8. The molecule has 0 fully saturated rings. The fourth-order valence-electron chi connectivity index (χ4n) is 1.91. The molecule has 0 bridgehead atoms. The second-order valence-electron chi connectivity index (χ2n) is 5.93. The molecule has 1 unspecified atom stereocenters. The summed E-state index contributed by atoms with van der Waals surface area (Å²) in [6.45, 7) is -0.437. The summed E-state index contributed by atoms with van der Waals surface area (Å²) in [7, 11) is -1.29. The normalized spacial score (nSPS) is 15.2. The van der Waals surface area contributed by atoms with E-state index in [1.54, 1.807) is 14.1 Å². The van der Waals surface area contributed by atoms with E-state index < -0.39 is 46.5 Å². The molecule has 144 valence electrons. The summed E-state index contributed by atoms with van der Waals surface area (Å²) in [6.07, 6.45) is -7.36. The third kappa shape index (κ3) is 8.17. The lowest BCUT2D eigenvalue weighted by atomic mass is 10.2. The molecule has 7 nitrogen and oxygen atoms in total. The first-order chi connectivity index (χ1) is 10.5. The average molecular weight is 387 g/mol. The summed E-state index contributed by atoms with van der Waals surface area (Å²) < 4.78 is 91.0. The van der Waals surface area contributed by atoms with Crippen molar-refractivity contribution in [2.75, 3.05) is 39.5 Å². The minimum atomic E-state index is -5.98. The molecule has 0 saturated heterocycles. The van der Waals surface area contributed by atoms with Gasteiger partial charge in [0.15, 0.2) is 0 Å². The summed E-state index contributed by atoms with van der Waals surface area (Å²) in [5.41, 5.74) is 0. The number of hydrogen-bond acceptors (Lipinski definition) is 4. The monoisotopic (exact) mass is 387 g/mol. The Kier molecular flexibility index (Phi) is 7.54. The fourth-order valence-corrected chi connectivity index (χ4v) is 2.50. The molecule has 0 aromatic heterocycles. The summed E-state index contributed by atoms with van der Waals surface area (Å²) in [6, 6.07) is 0. The van der Waals surface area contributed by atoms with Crippen molar-refractivity contribution in [2.24, 2.45) is 0 Å². The number of nitrogens with zero attached hydrogens (tertiary/aromatic N) is 1. The topological polar surface area (TPSA) is 104 Å². The van der Waals surface area contributed by atoms with Gasteiger partial charge < -0.3 is 14.9 Å². The Balaban J connectivity index is 4.34. The van der Waals surface area contributed by atoms with Crippen LogP contribution in [0.15, 0.2) is 0 Å². The third-order valence-electron chi connectivity index (χ3n) is 2.97. The Bertz CT molecular complexity index is 535. The van der Waals surface area contributed by atoms with E-state index in [0.29, 0.717) is 0 Å². The molecule has 1 amide bonds. The SMILES string of the molecule is C[N+](C)(CCCNC(=O)C(F)(F)C(F)(F)F)CC(O)CS(=O)(=O)O. The van der Waals surface area contributed by atoms with Crippen LogP contribution in [-0.4, -0.2) is 86.2 Å². The summed E-state index contributed by atoms with van der Waals surface area (Å²) in [5.74, 6) is -8.82. The molecular formula is C11H20F5N2O5S+. The molecule has 13 heteroatoms. The molecule has 0 heterocycles. The van der Waals surface area contributed by atoms with Gasteiger partial charge >= 0.3 is 12.1 Å². The Labute approximate surface area is 135 Å². The van der Waals surface area contributed by atoms with Crippen LogP contribution in [0.1, 0.15) is 6.42 Å². The fraction of sp³-hybridized carbons (Fsp3) is 0.909. The third-order valence-corrected chi connectivity index (χ3v) is 3.78. The van der Waals surface area contributed by atoms with Crippen molar-refractivity contribution in [3.05, 3.63) is 0 Å². The largest absolute Gasteiger partial charge is 0.463 e. The molecule has 1 atom stereocenters. The highest BCUT2D eigenvalue weighted by atomic mass is 32.2. The average Bonchev–Trinajstić information content (AvgIpc) is 2.29. The van der Waals surface area contributed by atoms with E-state index >= 15 is 0 Å². The molecule has 0 aliphatic rings. The van der Waals surface area contributed by atoms with E-state index in [1.165, 1.54) is 5.32 Å². The predicted octanol–water partition coefficient (Wildman–Crippen LogP) is 0.0154. The van der Waals surface area contributed by atoms with Crippen LogP contribution in [0.3, 0.4) is 0 Å². The van der Waals surface area contributed by atoms with E-state index in [1.807, 2.05) is 0 Å². The van der Waals surface area contributed by atoms with Gasteiger partial charge in [-0.05, 0) is 0 Å². The van der Waals surface area contributed by atoms with Crippen LogP contribution in [0.25, 0.3) is 0 Å². The van der Waals surface area contributed by atoms with Crippen LogP contribution in [0.4, 0.5) is 22.0 Å². The number of likely N-dealkylation sites (N-methyl/N-ethyl adjacent to an activating group) is 1. The quantitative estimate of drug-likeness (QED) is 0.224. The van der Waals surface area contributed by atoms with Crippen LogP contribution in [0.2, 0.25) is 0 Å². The molecule has 0 aliphatic carbocycles. The van der Waals surface area contributed by atoms with E-state index in [-0.39, 0.29) is 24.0 Å². The van der Waals surface area contributed by atoms with Crippen LogP contribution in [-0.2, 0) is 14.9 Å². The maximum absolute atomic E-state index is 12.7. The highest BCUT2D eigenvalue weighted by Crippen LogP contribution is 2.35. The van der Waals surface area contributed by atoms with Gasteiger partial charge in [0.1, 0.15) is 18.4 Å². The molecule has 0 aromatic carbocycles. The molecular weight excluding hydrogens is 367 g/mol. The van der Waals surface area contributed by atoms with E-state index in [0.717, 1.165) is 0 Å². The van der Waals surface area contributed by atoms with Gasteiger partial charge in [0.25, 0.3) is 16.0 Å². The summed E-state index contributed by atoms with van der Waals surface area (Å²) >= 11 is 0. The number of quaternary nitrogens is 1. The van der Waals surface area contributed by atoms with Gasteiger partial charge in [0.2, 0.25) is 0 Å². The number of alkyl halides is 5. The Morgan fingerprint density at radius 3 is 2.12 bits per heavy atom. The van der Waals surface area contributed by atoms with Crippen molar-refractivity contribution in [3.63, 3.8) is 0 Å². The highest BCUT2D eigenvalue weighted by Gasteiger charge is 2.63. The van der Waals surface area contributed by atoms with Crippen molar-refractivity contribution < 1.29 is 49.3 Å². The molecule has 0 saturated carbocycles. The number of aliphatic hydroxyl groups is 1. The van der Waals surface area contributed by atoms with Crippen LogP contribution in [0.5, 0.6) is 0 Å². The van der Waals surface area contributed by atoms with Gasteiger partial charge in [0.05, 0.1) is 20.6 Å². The van der Waals surface area contributed by atoms with Gasteiger partial charge in [-0.25, -0.2) is 0 Å². The molecule has 0 rings (SSSR count). The lowest BCUT2D eigenvalue weighted by molar-refractivity contribution is -0.893. The lowest BCUT2D eigenvalue weighted by Crippen LogP contribution is -2.51. The first-order valence-electron chi connectivity index (χ1n) is 6.66. The minimum absolute atomic E-state index is 0.00523. The zero-order chi connectivity index (χ0) is 19.4. The number of hydrogen-bond donors (Lipinski definition) is 3. The maximum atomic E-state index is 12.7. The highest BCUT2D eigenvalue weighted by molar-refractivity contribution is 7.85. The molecule has 3 N–H and O–H groups in total. The molecule has 0 radical (unpaired) electrons. The first kappa shape index (κ1) is 22.9. The number of nitrogens with one attached hydrogen (secondary N) is 1. The molecule has 0 spiro atoms. The Morgan fingerprint density at radius 2 is 1.71 bits per heavy atom. The van der Waals surface area contributed by atoms with Crippen molar-refractivity contribution >= 4 is 16.0 Å². The zero-order valence-corrected chi connectivity index (χ0v) is 13.8. The van der Waals surface area contributed by atoms with Crippen molar-refractivity contribution in [1.29, 1.82) is 0 Å². The van der Waals surface area contributed by atoms with Gasteiger partial charge in [-0.15, -0.1) is 0 Å². The van der Waals surface area contributed by atoms with Gasteiger partial charge in [-0.2, -0.15) is 30.4 Å². The van der Waals surface area contributed by atoms with E-state index in [4.69, 9.17) is 4.55 Å². The second kappa shape index (κ2) is 7.89. The zero-order valence-electron chi connectivity index (χ0n) is 13.0. The smallest absolute Gasteiger partial charge is 0.386 e. The van der Waals surface area contributed by atoms with Crippen LogP contribution >= 0.6 is 0 Å². The van der Waals surface area contributed by atoms with Crippen molar-refractivity contribution in [1.82, 2.24) is 5.32 Å². The van der Waals surface area contributed by atoms with Gasteiger partial charge in [-0.1, -0.05) is 0 Å². The van der Waals surface area contributed by atoms with E-state index in [2.05, 4.69) is 0 Å². The molecule has 0 aromatic rings. The van der Waals surface area contributed by atoms with Gasteiger partial charge in [-0.3, -0.25) is 9.35 Å². The minimum Gasteiger partial charge on any atom is -0.386 e. The predicted molar refractivity (Wildman–Crippen MR) is 72.9 cm³/mol. The molecule has 24 heavy (non-hydrogen) atoms. The van der Waals surface area contributed by atoms with Crippen molar-refractivity contribution in [3.8, 4) is 0 Å². The number of amides is 1. The van der Waals surface area contributed by atoms with Crippen molar-refractivity contribution in [2.45, 2.75) is 24.6 Å². The van der Waals surface area contributed by atoms with Crippen LogP contribution in [0, 0.1) is 0 Å². The standard InChI is InChI=1S/C11H19F5N2O5S/c1-18(2,6-8(19)7-24(21,22)23)5-3-4-17-9(20)10(12,13)11(14,15)16/h8,19H,3-7H2,1-2H3,(H-,17,20,21,22,23)/p+1. The Hall–Kier alpha value is -1.05. The van der Waals surface area contributed by atoms with E-state index in [9.17, 15) is 40.3 Å². The first-order valence-corrected chi connectivity index (χ1v) is 8.27. The summed E-state index contributed by atoms with van der Waals surface area (Å²) in [5, 5.41) is 11.0. The lowest BCUT2D eigenvalue weighted by Gasteiger charge is -2.31. The maximum Gasteiger partial charge on any atom is 0.463 e. The number of carbonyl (C=O) groups excluding carboxylic acids is 1. The number of rotatable bonds is 9. The number of carbonyl (C=O) groups is 1.